The van der Waals surface area contributed by atoms with Crippen LogP contribution in [0.4, 0.5) is 4.79 Å². The van der Waals surface area contributed by atoms with Crippen molar-refractivity contribution in [2.75, 3.05) is 46.9 Å². The first-order valence-corrected chi connectivity index (χ1v) is 6.89. The van der Waals surface area contributed by atoms with E-state index in [4.69, 9.17) is 9.84 Å². The fourth-order valence-corrected chi connectivity index (χ4v) is 1.52. The van der Waals surface area contributed by atoms with Gasteiger partial charge in [0.15, 0.2) is 0 Å². The number of hydrogen-bond acceptors (Lipinski definition) is 4. The number of amides is 2. The lowest BCUT2D eigenvalue weighted by Crippen LogP contribution is -2.40. The first-order chi connectivity index (χ1) is 9.47. The molecular weight excluding hydrogens is 262 g/mol. The standard InChI is InChI=1S/C13H27N3O4/c1-11(12(17)18)5-4-6-14-13(19)15-7-8-16(2)9-10-20-3/h11H,4-10H2,1-3H3,(H,17,18)(H2,14,15,19). The molecule has 0 aliphatic carbocycles. The molecule has 0 saturated heterocycles. The highest BCUT2D eigenvalue weighted by molar-refractivity contribution is 5.73. The lowest BCUT2D eigenvalue weighted by Gasteiger charge is -2.16. The van der Waals surface area contributed by atoms with Crippen LogP contribution < -0.4 is 10.6 Å². The zero-order chi connectivity index (χ0) is 15.4. The molecule has 0 aliphatic heterocycles. The number of urea groups is 1. The Balaban J connectivity index is 3.48. The fourth-order valence-electron chi connectivity index (χ4n) is 1.52. The van der Waals surface area contributed by atoms with Gasteiger partial charge < -0.3 is 25.4 Å². The molecule has 0 bridgehead atoms. The van der Waals surface area contributed by atoms with Gasteiger partial charge >= 0.3 is 12.0 Å². The van der Waals surface area contributed by atoms with Gasteiger partial charge in [0.25, 0.3) is 0 Å². The Kier molecular flexibility index (Phi) is 10.7. The molecule has 0 saturated carbocycles. The molecule has 1 atom stereocenters. The van der Waals surface area contributed by atoms with E-state index in [-0.39, 0.29) is 11.9 Å². The van der Waals surface area contributed by atoms with Gasteiger partial charge in [0, 0.05) is 33.3 Å². The van der Waals surface area contributed by atoms with Crippen LogP contribution in [0.5, 0.6) is 0 Å². The number of carbonyl (C=O) groups is 2. The second-order valence-corrected chi connectivity index (χ2v) is 4.86. The minimum atomic E-state index is -0.798. The Bertz CT molecular complexity index is 287. The largest absolute Gasteiger partial charge is 0.481 e. The SMILES string of the molecule is COCCN(C)CCNC(=O)NCCCC(C)C(=O)O. The van der Waals surface area contributed by atoms with Gasteiger partial charge in [0.1, 0.15) is 0 Å². The topological polar surface area (TPSA) is 90.9 Å². The number of rotatable bonds is 11. The van der Waals surface area contributed by atoms with Crippen molar-refractivity contribution in [1.82, 2.24) is 15.5 Å². The van der Waals surface area contributed by atoms with Crippen LogP contribution in [0.3, 0.4) is 0 Å². The third kappa shape index (κ3) is 10.6. The molecule has 0 heterocycles. The van der Waals surface area contributed by atoms with Crippen LogP contribution in [0.15, 0.2) is 0 Å². The molecule has 1 unspecified atom stereocenters. The minimum absolute atomic E-state index is 0.215. The Morgan fingerprint density at radius 1 is 1.25 bits per heavy atom. The Labute approximate surface area is 120 Å². The van der Waals surface area contributed by atoms with Crippen molar-refractivity contribution in [2.24, 2.45) is 5.92 Å². The van der Waals surface area contributed by atoms with E-state index in [9.17, 15) is 9.59 Å². The summed E-state index contributed by atoms with van der Waals surface area (Å²) in [4.78, 5) is 24.1. The molecule has 7 heteroatoms. The third-order valence-electron chi connectivity index (χ3n) is 2.98. The van der Waals surface area contributed by atoms with Crippen LogP contribution in [-0.4, -0.2) is 69.0 Å². The van der Waals surface area contributed by atoms with E-state index >= 15 is 0 Å². The molecule has 0 aliphatic rings. The van der Waals surface area contributed by atoms with Gasteiger partial charge in [-0.15, -0.1) is 0 Å². The molecular formula is C13H27N3O4. The van der Waals surface area contributed by atoms with E-state index in [1.807, 2.05) is 7.05 Å². The second-order valence-electron chi connectivity index (χ2n) is 4.86. The van der Waals surface area contributed by atoms with Crippen LogP contribution in [0, 0.1) is 5.92 Å². The highest BCUT2D eigenvalue weighted by Gasteiger charge is 2.09. The number of nitrogens with one attached hydrogen (secondary N) is 2. The maximum atomic E-state index is 11.4. The maximum absolute atomic E-state index is 11.4. The Hall–Kier alpha value is -1.34. The summed E-state index contributed by atoms with van der Waals surface area (Å²) in [5.74, 6) is -1.16. The number of hydrogen-bond donors (Lipinski definition) is 3. The summed E-state index contributed by atoms with van der Waals surface area (Å²) in [5.41, 5.74) is 0. The predicted molar refractivity (Wildman–Crippen MR) is 76.8 cm³/mol. The fraction of sp³-hybridized carbons (Fsp3) is 0.846. The number of likely N-dealkylation sites (N-methyl/N-ethyl adjacent to an activating group) is 1. The number of methoxy groups -OCH3 is 1. The molecule has 7 nitrogen and oxygen atoms in total. The van der Waals surface area contributed by atoms with Crippen LogP contribution >= 0.6 is 0 Å². The lowest BCUT2D eigenvalue weighted by atomic mass is 10.1. The van der Waals surface area contributed by atoms with Crippen LogP contribution in [-0.2, 0) is 9.53 Å². The maximum Gasteiger partial charge on any atom is 0.314 e. The lowest BCUT2D eigenvalue weighted by molar-refractivity contribution is -0.141. The van der Waals surface area contributed by atoms with Crippen molar-refractivity contribution >= 4 is 12.0 Å². The summed E-state index contributed by atoms with van der Waals surface area (Å²) in [5, 5.41) is 14.2. The van der Waals surface area contributed by atoms with E-state index < -0.39 is 5.97 Å². The van der Waals surface area contributed by atoms with Gasteiger partial charge in [-0.05, 0) is 19.9 Å². The van der Waals surface area contributed by atoms with Crippen LogP contribution in [0.1, 0.15) is 19.8 Å². The molecule has 20 heavy (non-hydrogen) atoms. The summed E-state index contributed by atoms with van der Waals surface area (Å²) in [6.45, 7) is 4.98. The van der Waals surface area contributed by atoms with Gasteiger partial charge in [0.2, 0.25) is 0 Å². The normalized spacial score (nSPS) is 12.2. The molecule has 0 aromatic rings. The summed E-state index contributed by atoms with van der Waals surface area (Å²) in [6, 6.07) is -0.215. The van der Waals surface area contributed by atoms with Crippen molar-refractivity contribution in [2.45, 2.75) is 19.8 Å². The van der Waals surface area contributed by atoms with Gasteiger partial charge in [-0.3, -0.25) is 4.79 Å². The number of nitrogens with zero attached hydrogens (tertiary/aromatic N) is 1. The van der Waals surface area contributed by atoms with Gasteiger partial charge in [-0.25, -0.2) is 4.79 Å². The van der Waals surface area contributed by atoms with Crippen LogP contribution in [0.2, 0.25) is 0 Å². The van der Waals surface area contributed by atoms with E-state index in [2.05, 4.69) is 15.5 Å². The van der Waals surface area contributed by atoms with E-state index in [1.165, 1.54) is 0 Å². The molecule has 0 aromatic carbocycles. The number of ether oxygens (including phenoxy) is 1. The molecule has 0 fully saturated rings. The molecule has 2 amide bonds. The number of carboxylic acid groups (broad SMARTS) is 1. The summed E-state index contributed by atoms with van der Waals surface area (Å²) in [6.07, 6.45) is 1.23. The quantitative estimate of drug-likeness (QED) is 0.478. The summed E-state index contributed by atoms with van der Waals surface area (Å²) >= 11 is 0. The van der Waals surface area contributed by atoms with Crippen molar-refractivity contribution in [3.63, 3.8) is 0 Å². The van der Waals surface area contributed by atoms with E-state index in [1.54, 1.807) is 14.0 Å². The highest BCUT2D eigenvalue weighted by Crippen LogP contribution is 2.03. The van der Waals surface area contributed by atoms with Crippen molar-refractivity contribution < 1.29 is 19.4 Å². The van der Waals surface area contributed by atoms with E-state index in [0.29, 0.717) is 32.5 Å². The molecule has 0 aromatic heterocycles. The number of aliphatic carboxylic acids is 1. The highest BCUT2D eigenvalue weighted by atomic mass is 16.5. The van der Waals surface area contributed by atoms with E-state index in [0.717, 1.165) is 13.1 Å². The zero-order valence-corrected chi connectivity index (χ0v) is 12.6. The smallest absolute Gasteiger partial charge is 0.314 e. The van der Waals surface area contributed by atoms with Crippen LogP contribution in [0.25, 0.3) is 0 Å². The molecule has 0 rings (SSSR count). The Morgan fingerprint density at radius 3 is 2.50 bits per heavy atom. The summed E-state index contributed by atoms with van der Waals surface area (Å²) in [7, 11) is 3.62. The van der Waals surface area contributed by atoms with Crippen molar-refractivity contribution in [3.05, 3.63) is 0 Å². The first kappa shape index (κ1) is 18.7. The van der Waals surface area contributed by atoms with Gasteiger partial charge in [-0.1, -0.05) is 6.92 Å². The van der Waals surface area contributed by atoms with Crippen molar-refractivity contribution in [1.29, 1.82) is 0 Å². The molecule has 118 valence electrons. The monoisotopic (exact) mass is 289 g/mol. The average Bonchev–Trinajstić information content (AvgIpc) is 2.40. The Morgan fingerprint density at radius 2 is 1.90 bits per heavy atom. The minimum Gasteiger partial charge on any atom is -0.481 e. The zero-order valence-electron chi connectivity index (χ0n) is 12.6. The predicted octanol–water partition coefficient (Wildman–Crippen LogP) is 0.365. The van der Waals surface area contributed by atoms with Crippen molar-refractivity contribution in [3.8, 4) is 0 Å². The number of carboxylic acids is 1. The van der Waals surface area contributed by atoms with Gasteiger partial charge in [0.05, 0.1) is 12.5 Å². The molecule has 0 radical (unpaired) electrons. The average molecular weight is 289 g/mol. The third-order valence-corrected chi connectivity index (χ3v) is 2.98. The molecule has 3 N–H and O–H groups in total. The van der Waals surface area contributed by atoms with Gasteiger partial charge in [-0.2, -0.15) is 0 Å². The molecule has 0 spiro atoms. The summed E-state index contributed by atoms with van der Waals surface area (Å²) < 4.78 is 4.96. The first-order valence-electron chi connectivity index (χ1n) is 6.89. The number of carbonyl (C=O) groups excluding carboxylic acids is 1. The second kappa shape index (κ2) is 11.5.